The average molecular weight is 262 g/mol. The number of aromatic nitrogens is 1. The van der Waals surface area contributed by atoms with Gasteiger partial charge in [0.25, 0.3) is 5.91 Å². The maximum atomic E-state index is 11.9. The number of nitrogen functional groups attached to an aromatic ring is 1. The number of nitrogens with zero attached hydrogens (tertiary/aromatic N) is 1. The second-order valence-electron chi connectivity index (χ2n) is 3.91. The fraction of sp³-hybridized carbons (Fsp3) is 0.0769. The van der Waals surface area contributed by atoms with Crippen LogP contribution in [0.15, 0.2) is 36.5 Å². The maximum absolute atomic E-state index is 11.9. The van der Waals surface area contributed by atoms with E-state index in [1.807, 2.05) is 6.92 Å². The molecule has 1 amide bonds. The first kappa shape index (κ1) is 12.4. The van der Waals surface area contributed by atoms with E-state index in [4.69, 9.17) is 17.3 Å². The van der Waals surface area contributed by atoms with E-state index in [-0.39, 0.29) is 5.91 Å². The molecule has 0 fully saturated rings. The number of carbonyl (C=O) groups excluding carboxylic acids is 1. The molecule has 1 aromatic heterocycles. The lowest BCUT2D eigenvalue weighted by atomic mass is 10.2. The van der Waals surface area contributed by atoms with Gasteiger partial charge < -0.3 is 11.1 Å². The third kappa shape index (κ3) is 2.78. The summed E-state index contributed by atoms with van der Waals surface area (Å²) in [5.41, 5.74) is 8.14. The van der Waals surface area contributed by atoms with Crippen LogP contribution in [0.4, 0.5) is 11.4 Å². The molecule has 0 spiro atoms. The summed E-state index contributed by atoms with van der Waals surface area (Å²) < 4.78 is 0. The Kier molecular flexibility index (Phi) is 3.48. The number of carbonyl (C=O) groups is 1. The van der Waals surface area contributed by atoms with Gasteiger partial charge in [0.05, 0.1) is 11.9 Å². The van der Waals surface area contributed by atoms with E-state index in [2.05, 4.69) is 10.3 Å². The van der Waals surface area contributed by atoms with Gasteiger partial charge in [0.15, 0.2) is 0 Å². The van der Waals surface area contributed by atoms with E-state index < -0.39 is 0 Å². The van der Waals surface area contributed by atoms with Crippen molar-refractivity contribution in [3.63, 3.8) is 0 Å². The van der Waals surface area contributed by atoms with Crippen molar-refractivity contribution in [3.05, 3.63) is 52.8 Å². The summed E-state index contributed by atoms with van der Waals surface area (Å²) >= 11 is 5.81. The van der Waals surface area contributed by atoms with Crippen molar-refractivity contribution in [2.75, 3.05) is 11.1 Å². The number of hydrogen-bond donors (Lipinski definition) is 2. The highest BCUT2D eigenvalue weighted by atomic mass is 35.5. The Bertz CT molecular complexity index is 581. The van der Waals surface area contributed by atoms with Crippen molar-refractivity contribution in [1.29, 1.82) is 0 Å². The van der Waals surface area contributed by atoms with Gasteiger partial charge >= 0.3 is 0 Å². The molecule has 1 aromatic carbocycles. The molecule has 0 aliphatic carbocycles. The zero-order valence-corrected chi connectivity index (χ0v) is 10.5. The van der Waals surface area contributed by atoms with Gasteiger partial charge in [0.1, 0.15) is 5.15 Å². The number of halogens is 1. The summed E-state index contributed by atoms with van der Waals surface area (Å²) in [5, 5.41) is 3.18. The lowest BCUT2D eigenvalue weighted by molar-refractivity contribution is 0.102. The first-order chi connectivity index (χ1) is 8.56. The minimum absolute atomic E-state index is 0.210. The van der Waals surface area contributed by atoms with E-state index in [0.717, 1.165) is 5.56 Å². The zero-order valence-electron chi connectivity index (χ0n) is 9.77. The highest BCUT2D eigenvalue weighted by molar-refractivity contribution is 6.30. The van der Waals surface area contributed by atoms with Gasteiger partial charge in [-0.3, -0.25) is 4.79 Å². The standard InChI is InChI=1S/C13H12ClN3O/c1-8-6-11(7-16-12(8)14)17-13(18)9-2-4-10(15)5-3-9/h2-7H,15H2,1H3,(H,17,18). The zero-order chi connectivity index (χ0) is 13.1. The summed E-state index contributed by atoms with van der Waals surface area (Å²) in [6.45, 7) is 1.83. The van der Waals surface area contributed by atoms with Gasteiger partial charge in [-0.2, -0.15) is 0 Å². The molecule has 3 N–H and O–H groups in total. The van der Waals surface area contributed by atoms with Crippen LogP contribution in [0.2, 0.25) is 5.15 Å². The van der Waals surface area contributed by atoms with Crippen molar-refractivity contribution < 1.29 is 4.79 Å². The number of nitrogens with one attached hydrogen (secondary N) is 1. The molecule has 92 valence electrons. The van der Waals surface area contributed by atoms with Crippen LogP contribution < -0.4 is 11.1 Å². The molecule has 0 aliphatic rings. The number of aryl methyl sites for hydroxylation is 1. The van der Waals surface area contributed by atoms with Crippen LogP contribution in [0.5, 0.6) is 0 Å². The minimum Gasteiger partial charge on any atom is -0.399 e. The Labute approximate surface area is 110 Å². The van der Waals surface area contributed by atoms with Gasteiger partial charge in [-0.1, -0.05) is 11.6 Å². The van der Waals surface area contributed by atoms with Gasteiger partial charge in [0.2, 0.25) is 0 Å². The molecule has 0 saturated carbocycles. The van der Waals surface area contributed by atoms with E-state index >= 15 is 0 Å². The molecular weight excluding hydrogens is 250 g/mol. The molecule has 2 rings (SSSR count). The Hall–Kier alpha value is -2.07. The molecule has 2 aromatic rings. The average Bonchev–Trinajstić information content (AvgIpc) is 2.34. The topological polar surface area (TPSA) is 68.0 Å². The minimum atomic E-state index is -0.210. The third-order valence-electron chi connectivity index (χ3n) is 2.45. The Morgan fingerprint density at radius 3 is 2.61 bits per heavy atom. The van der Waals surface area contributed by atoms with Crippen molar-refractivity contribution in [1.82, 2.24) is 4.98 Å². The first-order valence-electron chi connectivity index (χ1n) is 5.35. The Balaban J connectivity index is 2.16. The van der Waals surface area contributed by atoms with Gasteiger partial charge in [0, 0.05) is 11.3 Å². The molecule has 4 nitrogen and oxygen atoms in total. The van der Waals surface area contributed by atoms with Gasteiger partial charge in [-0.25, -0.2) is 4.98 Å². The number of pyridine rings is 1. The summed E-state index contributed by atoms with van der Waals surface area (Å²) in [5.74, 6) is -0.210. The van der Waals surface area contributed by atoms with Gasteiger partial charge in [-0.15, -0.1) is 0 Å². The Morgan fingerprint density at radius 1 is 1.33 bits per heavy atom. The predicted octanol–water partition coefficient (Wildman–Crippen LogP) is 2.88. The molecule has 0 radical (unpaired) electrons. The molecule has 0 atom stereocenters. The van der Waals surface area contributed by atoms with Crippen LogP contribution in [0, 0.1) is 6.92 Å². The first-order valence-corrected chi connectivity index (χ1v) is 5.73. The molecule has 0 aliphatic heterocycles. The molecule has 18 heavy (non-hydrogen) atoms. The summed E-state index contributed by atoms with van der Waals surface area (Å²) in [6, 6.07) is 8.47. The molecule has 0 bridgehead atoms. The monoisotopic (exact) mass is 261 g/mol. The van der Waals surface area contributed by atoms with E-state index in [0.29, 0.717) is 22.1 Å². The van der Waals surface area contributed by atoms with Crippen LogP contribution in [0.1, 0.15) is 15.9 Å². The smallest absolute Gasteiger partial charge is 0.255 e. The maximum Gasteiger partial charge on any atom is 0.255 e. The van der Waals surface area contributed by atoms with Crippen molar-refractivity contribution in [3.8, 4) is 0 Å². The van der Waals surface area contributed by atoms with E-state index in [1.165, 1.54) is 6.20 Å². The summed E-state index contributed by atoms with van der Waals surface area (Å²) in [6.07, 6.45) is 1.52. The second-order valence-corrected chi connectivity index (χ2v) is 4.27. The fourth-order valence-electron chi connectivity index (χ4n) is 1.46. The van der Waals surface area contributed by atoms with Gasteiger partial charge in [-0.05, 0) is 42.8 Å². The number of benzene rings is 1. The quantitative estimate of drug-likeness (QED) is 0.645. The summed E-state index contributed by atoms with van der Waals surface area (Å²) in [7, 11) is 0. The number of nitrogens with two attached hydrogens (primary N) is 1. The second kappa shape index (κ2) is 5.06. The number of rotatable bonds is 2. The third-order valence-corrected chi connectivity index (χ3v) is 2.84. The summed E-state index contributed by atoms with van der Waals surface area (Å²) in [4.78, 5) is 15.9. The number of amides is 1. The van der Waals surface area contributed by atoms with Crippen LogP contribution in [0.3, 0.4) is 0 Å². The van der Waals surface area contributed by atoms with E-state index in [9.17, 15) is 4.79 Å². The van der Waals surface area contributed by atoms with E-state index in [1.54, 1.807) is 30.3 Å². The van der Waals surface area contributed by atoms with Crippen LogP contribution in [0.25, 0.3) is 0 Å². The van der Waals surface area contributed by atoms with Crippen molar-refractivity contribution in [2.45, 2.75) is 6.92 Å². The fourth-order valence-corrected chi connectivity index (χ4v) is 1.57. The van der Waals surface area contributed by atoms with Crippen molar-refractivity contribution in [2.24, 2.45) is 0 Å². The van der Waals surface area contributed by atoms with Crippen LogP contribution in [-0.4, -0.2) is 10.9 Å². The molecule has 5 heteroatoms. The molecular formula is C13H12ClN3O. The molecule has 0 unspecified atom stereocenters. The highest BCUT2D eigenvalue weighted by Gasteiger charge is 2.06. The lowest BCUT2D eigenvalue weighted by Gasteiger charge is -2.06. The SMILES string of the molecule is Cc1cc(NC(=O)c2ccc(N)cc2)cnc1Cl. The lowest BCUT2D eigenvalue weighted by Crippen LogP contribution is -2.12. The highest BCUT2D eigenvalue weighted by Crippen LogP contribution is 2.17. The number of hydrogen-bond acceptors (Lipinski definition) is 3. The van der Waals surface area contributed by atoms with Crippen molar-refractivity contribution >= 4 is 28.9 Å². The molecule has 0 saturated heterocycles. The largest absolute Gasteiger partial charge is 0.399 e. The molecule has 1 heterocycles. The van der Waals surface area contributed by atoms with Crippen LogP contribution >= 0.6 is 11.6 Å². The predicted molar refractivity (Wildman–Crippen MR) is 72.8 cm³/mol. The van der Waals surface area contributed by atoms with Crippen LogP contribution in [-0.2, 0) is 0 Å². The Morgan fingerprint density at radius 2 is 2.00 bits per heavy atom. The number of anilines is 2. The normalized spacial score (nSPS) is 10.1.